The Bertz CT molecular complexity index is 1040. The number of sulfonamides is 2. The zero-order valence-corrected chi connectivity index (χ0v) is 18.1. The van der Waals surface area contributed by atoms with Gasteiger partial charge in [0.25, 0.3) is 0 Å². The van der Waals surface area contributed by atoms with Crippen LogP contribution >= 0.6 is 0 Å². The van der Waals surface area contributed by atoms with Crippen LogP contribution in [0.25, 0.3) is 0 Å². The second-order valence-electron chi connectivity index (χ2n) is 6.16. The molecule has 10 heteroatoms. The van der Waals surface area contributed by atoms with Gasteiger partial charge in [-0.15, -0.1) is 0 Å². The van der Waals surface area contributed by atoms with Gasteiger partial charge in [-0.25, -0.2) is 21.6 Å². The Hall–Kier alpha value is -2.43. The summed E-state index contributed by atoms with van der Waals surface area (Å²) < 4.78 is 58.1. The minimum atomic E-state index is -3.73. The Morgan fingerprint density at radius 2 is 1.48 bits per heavy atom. The summed E-state index contributed by atoms with van der Waals surface area (Å²) in [6.45, 7) is 4.20. The molecule has 158 valence electrons. The molecule has 0 radical (unpaired) electrons. The van der Waals surface area contributed by atoms with Crippen molar-refractivity contribution in [2.75, 3.05) is 24.9 Å². The summed E-state index contributed by atoms with van der Waals surface area (Å²) in [4.78, 5) is 11.5. The summed E-state index contributed by atoms with van der Waals surface area (Å²) in [7, 11) is -6.06. The van der Waals surface area contributed by atoms with E-state index in [0.29, 0.717) is 24.2 Å². The minimum Gasteiger partial charge on any atom is -0.465 e. The molecule has 0 saturated carbocycles. The Morgan fingerprint density at radius 1 is 0.931 bits per heavy atom. The number of carbonyl (C=O) groups is 1. The molecule has 0 amide bonds. The fourth-order valence-corrected chi connectivity index (χ4v) is 5.35. The van der Waals surface area contributed by atoms with E-state index in [9.17, 15) is 21.6 Å². The lowest BCUT2D eigenvalue weighted by Crippen LogP contribution is -2.30. The van der Waals surface area contributed by atoms with Crippen LogP contribution in [0, 0.1) is 0 Å². The van der Waals surface area contributed by atoms with Gasteiger partial charge >= 0.3 is 5.97 Å². The van der Waals surface area contributed by atoms with E-state index in [1.165, 1.54) is 59.9 Å². The number of nitrogens with one attached hydrogen (secondary N) is 1. The van der Waals surface area contributed by atoms with E-state index in [-0.39, 0.29) is 16.3 Å². The lowest BCUT2D eigenvalue weighted by molar-refractivity contribution is 0.0600. The van der Waals surface area contributed by atoms with Crippen LogP contribution in [0.2, 0.25) is 0 Å². The van der Waals surface area contributed by atoms with Crippen molar-refractivity contribution in [2.45, 2.75) is 24.5 Å². The van der Waals surface area contributed by atoms with Crippen molar-refractivity contribution in [1.82, 2.24) is 4.31 Å². The molecule has 0 atom stereocenters. The first-order valence-corrected chi connectivity index (χ1v) is 12.0. The Morgan fingerprint density at radius 3 is 1.97 bits per heavy atom. The van der Waals surface area contributed by atoms with Crippen LogP contribution in [0.15, 0.2) is 53.4 Å². The summed E-state index contributed by atoms with van der Waals surface area (Å²) in [5.74, 6) is -0.800. The number of hydrogen-bond donors (Lipinski definition) is 1. The number of methoxy groups -OCH3 is 1. The average Bonchev–Trinajstić information content (AvgIpc) is 2.68. The SMILES string of the molecule is CCN(CC)S(=O)(=O)c1ccc(NS(=O)(=O)Cc2ccc(C(=O)OC)cc2)cc1. The first kappa shape index (κ1) is 22.9. The molecular weight excluding hydrogens is 416 g/mol. The molecule has 0 unspecified atom stereocenters. The van der Waals surface area contributed by atoms with Crippen LogP contribution in [0.5, 0.6) is 0 Å². The van der Waals surface area contributed by atoms with Crippen LogP contribution < -0.4 is 4.72 Å². The highest BCUT2D eigenvalue weighted by Crippen LogP contribution is 2.20. The third kappa shape index (κ3) is 5.78. The third-order valence-electron chi connectivity index (χ3n) is 4.20. The van der Waals surface area contributed by atoms with Crippen molar-refractivity contribution in [2.24, 2.45) is 0 Å². The lowest BCUT2D eigenvalue weighted by Gasteiger charge is -2.18. The molecule has 0 spiro atoms. The predicted molar refractivity (Wildman–Crippen MR) is 111 cm³/mol. The number of benzene rings is 2. The topological polar surface area (TPSA) is 110 Å². The number of rotatable bonds is 9. The minimum absolute atomic E-state index is 0.0996. The molecule has 0 saturated heterocycles. The average molecular weight is 441 g/mol. The molecule has 2 aromatic carbocycles. The molecule has 0 bridgehead atoms. The quantitative estimate of drug-likeness (QED) is 0.600. The normalized spacial score (nSPS) is 12.0. The third-order valence-corrected chi connectivity index (χ3v) is 7.53. The maximum absolute atomic E-state index is 12.5. The fourth-order valence-electron chi connectivity index (χ4n) is 2.70. The van der Waals surface area contributed by atoms with E-state index < -0.39 is 26.0 Å². The van der Waals surface area contributed by atoms with E-state index in [0.717, 1.165) is 0 Å². The number of anilines is 1. The number of esters is 1. The van der Waals surface area contributed by atoms with Crippen LogP contribution in [-0.2, 0) is 30.5 Å². The molecule has 29 heavy (non-hydrogen) atoms. The molecule has 2 rings (SSSR count). The van der Waals surface area contributed by atoms with E-state index in [2.05, 4.69) is 9.46 Å². The second kappa shape index (κ2) is 9.38. The molecule has 1 N–H and O–H groups in total. The number of hydrogen-bond acceptors (Lipinski definition) is 6. The lowest BCUT2D eigenvalue weighted by atomic mass is 10.1. The molecule has 0 aromatic heterocycles. The van der Waals surface area contributed by atoms with E-state index in [1.54, 1.807) is 13.8 Å². The van der Waals surface area contributed by atoms with Gasteiger partial charge in [0.2, 0.25) is 20.0 Å². The van der Waals surface area contributed by atoms with Crippen LogP contribution in [-0.4, -0.2) is 47.3 Å². The summed E-state index contributed by atoms with van der Waals surface area (Å²) in [5.41, 5.74) is 1.08. The molecule has 2 aromatic rings. The number of ether oxygens (including phenoxy) is 1. The van der Waals surface area contributed by atoms with Gasteiger partial charge in [-0.3, -0.25) is 4.72 Å². The van der Waals surface area contributed by atoms with Crippen LogP contribution in [0.4, 0.5) is 5.69 Å². The Balaban J connectivity index is 2.11. The van der Waals surface area contributed by atoms with Crippen molar-refractivity contribution in [3.05, 3.63) is 59.7 Å². The van der Waals surface area contributed by atoms with Crippen molar-refractivity contribution < 1.29 is 26.4 Å². The maximum Gasteiger partial charge on any atom is 0.337 e. The molecule has 8 nitrogen and oxygen atoms in total. The highest BCUT2D eigenvalue weighted by atomic mass is 32.2. The molecular formula is C19H24N2O6S2. The van der Waals surface area contributed by atoms with Gasteiger partial charge in [0, 0.05) is 18.8 Å². The van der Waals surface area contributed by atoms with Gasteiger partial charge < -0.3 is 4.74 Å². The number of carbonyl (C=O) groups excluding carboxylic acids is 1. The summed E-state index contributed by atoms with van der Waals surface area (Å²) >= 11 is 0. The molecule has 0 heterocycles. The summed E-state index contributed by atoms with van der Waals surface area (Å²) in [5, 5.41) is 0. The first-order valence-electron chi connectivity index (χ1n) is 8.91. The Labute approximate surface area is 171 Å². The van der Waals surface area contributed by atoms with Gasteiger partial charge in [-0.05, 0) is 42.0 Å². The van der Waals surface area contributed by atoms with Gasteiger partial charge in [0.1, 0.15) is 0 Å². The highest BCUT2D eigenvalue weighted by molar-refractivity contribution is 7.92. The van der Waals surface area contributed by atoms with Gasteiger partial charge in [0.05, 0.1) is 23.3 Å². The van der Waals surface area contributed by atoms with E-state index in [1.807, 2.05) is 0 Å². The van der Waals surface area contributed by atoms with Crippen LogP contribution in [0.1, 0.15) is 29.8 Å². The maximum atomic E-state index is 12.5. The van der Waals surface area contributed by atoms with Gasteiger partial charge in [-0.1, -0.05) is 26.0 Å². The monoisotopic (exact) mass is 440 g/mol. The Kier molecular flexibility index (Phi) is 7.39. The molecule has 0 aliphatic carbocycles. The molecule has 0 fully saturated rings. The van der Waals surface area contributed by atoms with Crippen LogP contribution in [0.3, 0.4) is 0 Å². The zero-order valence-electron chi connectivity index (χ0n) is 16.5. The fraction of sp³-hybridized carbons (Fsp3) is 0.316. The van der Waals surface area contributed by atoms with E-state index in [4.69, 9.17) is 0 Å². The van der Waals surface area contributed by atoms with E-state index >= 15 is 0 Å². The first-order chi connectivity index (χ1) is 13.6. The molecule has 0 aliphatic heterocycles. The van der Waals surface area contributed by atoms with Crippen molar-refractivity contribution in [3.63, 3.8) is 0 Å². The summed E-state index contributed by atoms with van der Waals surface area (Å²) in [6, 6.07) is 11.6. The standard InChI is InChI=1S/C19H24N2O6S2/c1-4-21(5-2)29(25,26)18-12-10-17(11-13-18)20-28(23,24)14-15-6-8-16(9-7-15)19(22)27-3/h6-13,20H,4-5,14H2,1-3H3. The highest BCUT2D eigenvalue weighted by Gasteiger charge is 2.21. The van der Waals surface area contributed by atoms with Crippen molar-refractivity contribution in [1.29, 1.82) is 0 Å². The predicted octanol–water partition coefficient (Wildman–Crippen LogP) is 2.45. The number of nitrogens with zero attached hydrogens (tertiary/aromatic N) is 1. The van der Waals surface area contributed by atoms with Crippen molar-refractivity contribution in [3.8, 4) is 0 Å². The van der Waals surface area contributed by atoms with Gasteiger partial charge in [-0.2, -0.15) is 4.31 Å². The van der Waals surface area contributed by atoms with Gasteiger partial charge in [0.15, 0.2) is 0 Å². The zero-order chi connectivity index (χ0) is 21.7. The summed E-state index contributed by atoms with van der Waals surface area (Å²) in [6.07, 6.45) is 0. The van der Waals surface area contributed by atoms with Crippen molar-refractivity contribution >= 4 is 31.7 Å². The smallest absolute Gasteiger partial charge is 0.337 e. The molecule has 0 aliphatic rings. The second-order valence-corrected chi connectivity index (χ2v) is 9.82. The largest absolute Gasteiger partial charge is 0.465 e.